The third-order valence-corrected chi connectivity index (χ3v) is 4.08. The fourth-order valence-corrected chi connectivity index (χ4v) is 2.73. The predicted octanol–water partition coefficient (Wildman–Crippen LogP) is 3.23. The van der Waals surface area contributed by atoms with E-state index in [1.807, 2.05) is 69.3 Å². The number of nitrogens with one attached hydrogen (secondary N) is 1. The van der Waals surface area contributed by atoms with E-state index in [9.17, 15) is 9.59 Å². The second kappa shape index (κ2) is 9.04. The van der Waals surface area contributed by atoms with Crippen LogP contribution < -0.4 is 10.1 Å². The molecule has 0 saturated heterocycles. The molecule has 2 aromatic rings. The van der Waals surface area contributed by atoms with Crippen LogP contribution in [0.1, 0.15) is 36.6 Å². The highest BCUT2D eigenvalue weighted by atomic mass is 16.5. The van der Waals surface area contributed by atoms with E-state index in [1.54, 1.807) is 7.05 Å². The van der Waals surface area contributed by atoms with Crippen LogP contribution in [0.3, 0.4) is 0 Å². The molecule has 1 atom stereocenters. The van der Waals surface area contributed by atoms with Crippen LogP contribution >= 0.6 is 0 Å². The number of ether oxygens (including phenoxy) is 1. The lowest BCUT2D eigenvalue weighted by Gasteiger charge is -2.21. The summed E-state index contributed by atoms with van der Waals surface area (Å²) in [7, 11) is 1.62. The van der Waals surface area contributed by atoms with E-state index in [0.717, 1.165) is 22.4 Å². The average Bonchev–Trinajstić information content (AvgIpc) is 2.63. The second-order valence-electron chi connectivity index (χ2n) is 6.32. The summed E-state index contributed by atoms with van der Waals surface area (Å²) in [5.74, 6) is -0.470. The fourth-order valence-electron chi connectivity index (χ4n) is 2.73. The maximum atomic E-state index is 12.4. The van der Waals surface area contributed by atoms with Crippen molar-refractivity contribution in [2.24, 2.45) is 0 Å². The van der Waals surface area contributed by atoms with Gasteiger partial charge in [-0.25, -0.2) is 0 Å². The van der Waals surface area contributed by atoms with Gasteiger partial charge in [-0.2, -0.15) is 0 Å². The van der Waals surface area contributed by atoms with Gasteiger partial charge in [0.25, 0.3) is 0 Å². The number of benzene rings is 2. The van der Waals surface area contributed by atoms with Crippen molar-refractivity contribution in [1.29, 1.82) is 0 Å². The average molecular weight is 354 g/mol. The molecular formula is C21H26N2O3. The Morgan fingerprint density at radius 2 is 1.85 bits per heavy atom. The van der Waals surface area contributed by atoms with Gasteiger partial charge in [0.1, 0.15) is 5.75 Å². The molecular weight excluding hydrogens is 328 g/mol. The second-order valence-corrected chi connectivity index (χ2v) is 6.32. The van der Waals surface area contributed by atoms with E-state index in [4.69, 9.17) is 4.74 Å². The van der Waals surface area contributed by atoms with Crippen molar-refractivity contribution in [3.8, 4) is 5.75 Å². The largest absolute Gasteiger partial charge is 0.494 e. The van der Waals surface area contributed by atoms with Crippen LogP contribution in [0.25, 0.3) is 0 Å². The zero-order valence-corrected chi connectivity index (χ0v) is 15.8. The molecule has 1 unspecified atom stereocenters. The summed E-state index contributed by atoms with van der Waals surface area (Å²) >= 11 is 0. The summed E-state index contributed by atoms with van der Waals surface area (Å²) < 4.78 is 5.63. The Balaban J connectivity index is 2.04. The minimum absolute atomic E-state index is 0.335. The first-order valence-electron chi connectivity index (χ1n) is 8.75. The number of hydrogen-bond acceptors (Lipinski definition) is 3. The normalized spacial score (nSPS) is 11.5. The van der Waals surface area contributed by atoms with E-state index in [1.165, 1.54) is 4.90 Å². The molecule has 0 heterocycles. The smallest absolute Gasteiger partial charge is 0.311 e. The molecule has 0 saturated carbocycles. The summed E-state index contributed by atoms with van der Waals surface area (Å²) in [5.41, 5.74) is 2.90. The first-order chi connectivity index (χ1) is 12.4. The minimum atomic E-state index is -0.625. The number of rotatable bonds is 6. The van der Waals surface area contributed by atoms with Gasteiger partial charge in [0.15, 0.2) is 0 Å². The Kier molecular flexibility index (Phi) is 6.78. The minimum Gasteiger partial charge on any atom is -0.494 e. The van der Waals surface area contributed by atoms with Crippen molar-refractivity contribution < 1.29 is 14.3 Å². The molecule has 0 spiro atoms. The standard InChI is InChI=1S/C21H26N2O3/c1-5-26-19-12-11-15(2)13-18(19)16(3)22-20(24)21(25)23(4)14-17-9-7-6-8-10-17/h6-13,16H,5,14H2,1-4H3,(H,22,24). The van der Waals surface area contributed by atoms with Crippen molar-refractivity contribution in [3.05, 3.63) is 65.2 Å². The van der Waals surface area contributed by atoms with Gasteiger partial charge >= 0.3 is 11.8 Å². The van der Waals surface area contributed by atoms with Crippen molar-refractivity contribution in [2.45, 2.75) is 33.4 Å². The van der Waals surface area contributed by atoms with Crippen LogP contribution in [-0.4, -0.2) is 30.4 Å². The molecule has 0 aliphatic rings. The molecule has 0 bridgehead atoms. The van der Waals surface area contributed by atoms with Gasteiger partial charge < -0.3 is 15.0 Å². The van der Waals surface area contributed by atoms with Crippen LogP contribution in [0.4, 0.5) is 0 Å². The van der Waals surface area contributed by atoms with E-state index < -0.39 is 11.8 Å². The molecule has 2 rings (SSSR count). The number of hydrogen-bond donors (Lipinski definition) is 1. The SMILES string of the molecule is CCOc1ccc(C)cc1C(C)NC(=O)C(=O)N(C)Cc1ccccc1. The van der Waals surface area contributed by atoms with Crippen LogP contribution in [0.15, 0.2) is 48.5 Å². The molecule has 0 aliphatic carbocycles. The van der Waals surface area contributed by atoms with Crippen LogP contribution in [0, 0.1) is 6.92 Å². The number of aryl methyl sites for hydroxylation is 1. The summed E-state index contributed by atoms with van der Waals surface area (Å²) in [6.45, 7) is 6.66. The fraction of sp³-hybridized carbons (Fsp3) is 0.333. The maximum Gasteiger partial charge on any atom is 0.311 e. The van der Waals surface area contributed by atoms with E-state index >= 15 is 0 Å². The van der Waals surface area contributed by atoms with Crippen molar-refractivity contribution >= 4 is 11.8 Å². The number of carbonyl (C=O) groups is 2. The Morgan fingerprint density at radius 3 is 2.50 bits per heavy atom. The Hall–Kier alpha value is -2.82. The molecule has 2 aromatic carbocycles. The van der Waals surface area contributed by atoms with Crippen LogP contribution in [0.2, 0.25) is 0 Å². The quantitative estimate of drug-likeness (QED) is 0.810. The third kappa shape index (κ3) is 5.09. The lowest BCUT2D eigenvalue weighted by Crippen LogP contribution is -2.41. The van der Waals surface area contributed by atoms with Crippen LogP contribution in [0.5, 0.6) is 5.75 Å². The topological polar surface area (TPSA) is 58.6 Å². The maximum absolute atomic E-state index is 12.4. The number of amides is 2. The highest BCUT2D eigenvalue weighted by molar-refractivity contribution is 6.34. The van der Waals surface area contributed by atoms with Gasteiger partial charge in [0.2, 0.25) is 0 Å². The summed E-state index contributed by atoms with van der Waals surface area (Å²) in [5, 5.41) is 2.78. The van der Waals surface area contributed by atoms with E-state index in [2.05, 4.69) is 5.32 Å². The molecule has 0 radical (unpaired) electrons. The Labute approximate surface area is 155 Å². The summed E-state index contributed by atoms with van der Waals surface area (Å²) in [6, 6.07) is 15.0. The number of nitrogens with zero attached hydrogens (tertiary/aromatic N) is 1. The third-order valence-electron chi connectivity index (χ3n) is 4.08. The van der Waals surface area contributed by atoms with Gasteiger partial charge in [0.05, 0.1) is 12.6 Å². The molecule has 0 aromatic heterocycles. The molecule has 2 amide bonds. The molecule has 26 heavy (non-hydrogen) atoms. The summed E-state index contributed by atoms with van der Waals surface area (Å²) in [6.07, 6.45) is 0. The lowest BCUT2D eigenvalue weighted by molar-refractivity contribution is -0.145. The molecule has 5 nitrogen and oxygen atoms in total. The predicted molar refractivity (Wildman–Crippen MR) is 102 cm³/mol. The lowest BCUT2D eigenvalue weighted by atomic mass is 10.0. The zero-order valence-electron chi connectivity index (χ0n) is 15.8. The monoisotopic (exact) mass is 354 g/mol. The summed E-state index contributed by atoms with van der Waals surface area (Å²) in [4.78, 5) is 26.2. The van der Waals surface area contributed by atoms with Gasteiger partial charge in [-0.3, -0.25) is 9.59 Å². The van der Waals surface area contributed by atoms with Crippen LogP contribution in [-0.2, 0) is 16.1 Å². The number of likely N-dealkylation sites (N-methyl/N-ethyl adjacent to an activating group) is 1. The first kappa shape index (κ1) is 19.5. The highest BCUT2D eigenvalue weighted by Crippen LogP contribution is 2.26. The molecule has 0 aliphatic heterocycles. The first-order valence-corrected chi connectivity index (χ1v) is 8.75. The number of carbonyl (C=O) groups excluding carboxylic acids is 2. The Morgan fingerprint density at radius 1 is 1.15 bits per heavy atom. The zero-order chi connectivity index (χ0) is 19.1. The van der Waals surface area contributed by atoms with E-state index in [-0.39, 0.29) is 6.04 Å². The van der Waals surface area contributed by atoms with Gasteiger partial charge in [-0.05, 0) is 32.4 Å². The van der Waals surface area contributed by atoms with Crippen molar-refractivity contribution in [1.82, 2.24) is 10.2 Å². The molecule has 0 fully saturated rings. The van der Waals surface area contributed by atoms with Crippen molar-refractivity contribution in [3.63, 3.8) is 0 Å². The molecule has 1 N–H and O–H groups in total. The highest BCUT2D eigenvalue weighted by Gasteiger charge is 2.22. The Bertz CT molecular complexity index is 759. The van der Waals surface area contributed by atoms with Crippen molar-refractivity contribution in [2.75, 3.05) is 13.7 Å². The van der Waals surface area contributed by atoms with Gasteiger partial charge in [-0.1, -0.05) is 48.0 Å². The molecule has 138 valence electrons. The van der Waals surface area contributed by atoms with Gasteiger partial charge in [-0.15, -0.1) is 0 Å². The molecule has 5 heteroatoms. The van der Waals surface area contributed by atoms with E-state index in [0.29, 0.717) is 13.2 Å². The van der Waals surface area contributed by atoms with Gasteiger partial charge in [0, 0.05) is 19.2 Å².